The number of rotatable bonds is 8. The molecular weight excluding hydrogens is 244 g/mol. The van der Waals surface area contributed by atoms with E-state index in [0.29, 0.717) is 24.6 Å². The average Bonchev–Trinajstić information content (AvgIpc) is 3.20. The second-order valence-electron chi connectivity index (χ2n) is 4.73. The molecule has 0 aliphatic heterocycles. The van der Waals surface area contributed by atoms with Crippen molar-refractivity contribution in [2.75, 3.05) is 32.1 Å². The van der Waals surface area contributed by atoms with Gasteiger partial charge in [0, 0.05) is 24.9 Å². The Morgan fingerprint density at radius 1 is 1.42 bits per heavy atom. The highest BCUT2D eigenvalue weighted by Gasteiger charge is 2.20. The lowest BCUT2D eigenvalue weighted by atomic mass is 10.3. The van der Waals surface area contributed by atoms with Gasteiger partial charge >= 0.3 is 0 Å². The molecule has 5 nitrogen and oxygen atoms in total. The Morgan fingerprint density at radius 3 is 3.00 bits per heavy atom. The number of nitrogens with one attached hydrogen (secondary N) is 1. The summed E-state index contributed by atoms with van der Waals surface area (Å²) < 4.78 is 10.7. The number of nitrogen functional groups attached to an aromatic ring is 1. The molecule has 1 aliphatic rings. The second-order valence-corrected chi connectivity index (χ2v) is 4.73. The standard InChI is InChI=1S/C14H20N2O3/c15-12-2-1-3-13(8-12)19-10-14(17)16-6-7-18-9-11-4-5-11/h1-3,8,11H,4-7,9-10,15H2,(H,16,17). The summed E-state index contributed by atoms with van der Waals surface area (Å²) in [7, 11) is 0. The predicted molar refractivity (Wildman–Crippen MR) is 72.9 cm³/mol. The summed E-state index contributed by atoms with van der Waals surface area (Å²) in [5.74, 6) is 1.19. The minimum Gasteiger partial charge on any atom is -0.484 e. The minimum absolute atomic E-state index is 0.00786. The molecule has 104 valence electrons. The molecule has 0 saturated heterocycles. The third-order valence-electron chi connectivity index (χ3n) is 2.85. The third kappa shape index (κ3) is 5.61. The Balaban J connectivity index is 1.53. The minimum atomic E-state index is -0.155. The molecular formula is C14H20N2O3. The molecule has 0 unspecified atom stereocenters. The van der Waals surface area contributed by atoms with E-state index in [2.05, 4.69) is 5.32 Å². The number of amides is 1. The maximum atomic E-state index is 11.5. The fourth-order valence-electron chi connectivity index (χ4n) is 1.60. The lowest BCUT2D eigenvalue weighted by molar-refractivity contribution is -0.123. The molecule has 19 heavy (non-hydrogen) atoms. The molecule has 0 aromatic heterocycles. The van der Waals surface area contributed by atoms with Crippen LogP contribution in [0.3, 0.4) is 0 Å². The van der Waals surface area contributed by atoms with Crippen LogP contribution in [-0.4, -0.2) is 32.3 Å². The van der Waals surface area contributed by atoms with Gasteiger partial charge in [-0.15, -0.1) is 0 Å². The maximum Gasteiger partial charge on any atom is 0.258 e. The Labute approximate surface area is 113 Å². The van der Waals surface area contributed by atoms with Gasteiger partial charge in [0.25, 0.3) is 5.91 Å². The van der Waals surface area contributed by atoms with Crippen LogP contribution in [-0.2, 0) is 9.53 Å². The van der Waals surface area contributed by atoms with E-state index >= 15 is 0 Å². The molecule has 0 spiro atoms. The summed E-state index contributed by atoms with van der Waals surface area (Å²) in [5, 5.41) is 2.74. The summed E-state index contributed by atoms with van der Waals surface area (Å²) >= 11 is 0. The highest BCUT2D eigenvalue weighted by Crippen LogP contribution is 2.28. The van der Waals surface area contributed by atoms with Crippen molar-refractivity contribution in [2.45, 2.75) is 12.8 Å². The van der Waals surface area contributed by atoms with Gasteiger partial charge in [0.1, 0.15) is 5.75 Å². The Kier molecular flexibility index (Phi) is 5.03. The molecule has 5 heteroatoms. The number of nitrogens with two attached hydrogens (primary N) is 1. The quantitative estimate of drug-likeness (QED) is 0.546. The van der Waals surface area contributed by atoms with Crippen LogP contribution in [0.15, 0.2) is 24.3 Å². The molecule has 1 saturated carbocycles. The summed E-state index contributed by atoms with van der Waals surface area (Å²) in [6.07, 6.45) is 2.56. The van der Waals surface area contributed by atoms with Crippen LogP contribution in [0.25, 0.3) is 0 Å². The van der Waals surface area contributed by atoms with Crippen molar-refractivity contribution in [1.29, 1.82) is 0 Å². The summed E-state index contributed by atoms with van der Waals surface area (Å²) in [5.41, 5.74) is 6.23. The van der Waals surface area contributed by atoms with E-state index < -0.39 is 0 Å². The maximum absolute atomic E-state index is 11.5. The van der Waals surface area contributed by atoms with E-state index in [1.807, 2.05) is 0 Å². The molecule has 1 aromatic rings. The lowest BCUT2D eigenvalue weighted by Crippen LogP contribution is -2.31. The van der Waals surface area contributed by atoms with Crippen LogP contribution in [0.2, 0.25) is 0 Å². The van der Waals surface area contributed by atoms with Gasteiger partial charge in [-0.2, -0.15) is 0 Å². The van der Waals surface area contributed by atoms with Crippen LogP contribution >= 0.6 is 0 Å². The fourth-order valence-corrected chi connectivity index (χ4v) is 1.60. The van der Waals surface area contributed by atoms with Gasteiger partial charge in [-0.3, -0.25) is 4.79 Å². The first-order valence-corrected chi connectivity index (χ1v) is 6.57. The molecule has 3 N–H and O–H groups in total. The zero-order chi connectivity index (χ0) is 13.5. The molecule has 1 amide bonds. The molecule has 2 rings (SSSR count). The molecule has 0 heterocycles. The lowest BCUT2D eigenvalue weighted by Gasteiger charge is -2.08. The van der Waals surface area contributed by atoms with Crippen molar-refractivity contribution in [3.05, 3.63) is 24.3 Å². The van der Waals surface area contributed by atoms with Gasteiger partial charge < -0.3 is 20.5 Å². The van der Waals surface area contributed by atoms with Crippen LogP contribution in [0.4, 0.5) is 5.69 Å². The van der Waals surface area contributed by atoms with Crippen molar-refractivity contribution in [1.82, 2.24) is 5.32 Å². The number of benzene rings is 1. The van der Waals surface area contributed by atoms with Crippen molar-refractivity contribution < 1.29 is 14.3 Å². The van der Waals surface area contributed by atoms with E-state index in [1.165, 1.54) is 12.8 Å². The zero-order valence-corrected chi connectivity index (χ0v) is 10.9. The van der Waals surface area contributed by atoms with E-state index in [9.17, 15) is 4.79 Å². The predicted octanol–water partition coefficient (Wildman–Crippen LogP) is 1.19. The first kappa shape index (κ1) is 13.7. The second kappa shape index (κ2) is 6.99. The summed E-state index contributed by atoms with van der Waals surface area (Å²) in [6, 6.07) is 7.01. The van der Waals surface area contributed by atoms with Crippen molar-refractivity contribution in [2.24, 2.45) is 5.92 Å². The topological polar surface area (TPSA) is 73.6 Å². The normalized spacial score (nSPS) is 14.1. The van der Waals surface area contributed by atoms with Gasteiger partial charge in [-0.1, -0.05) is 6.07 Å². The zero-order valence-electron chi connectivity index (χ0n) is 10.9. The SMILES string of the molecule is Nc1cccc(OCC(=O)NCCOCC2CC2)c1. The first-order chi connectivity index (χ1) is 9.24. The smallest absolute Gasteiger partial charge is 0.258 e. The van der Waals surface area contributed by atoms with E-state index in [-0.39, 0.29) is 12.5 Å². The van der Waals surface area contributed by atoms with Gasteiger partial charge in [0.15, 0.2) is 6.61 Å². The number of carbonyl (C=O) groups is 1. The molecule has 1 aliphatic carbocycles. The Bertz CT molecular complexity index is 419. The van der Waals surface area contributed by atoms with Gasteiger partial charge in [0.05, 0.1) is 6.61 Å². The number of hydrogen-bond donors (Lipinski definition) is 2. The van der Waals surface area contributed by atoms with Crippen molar-refractivity contribution >= 4 is 11.6 Å². The number of carbonyl (C=O) groups excluding carboxylic acids is 1. The van der Waals surface area contributed by atoms with Gasteiger partial charge in [0.2, 0.25) is 0 Å². The summed E-state index contributed by atoms with van der Waals surface area (Å²) in [6.45, 7) is 1.88. The highest BCUT2D eigenvalue weighted by atomic mass is 16.5. The number of anilines is 1. The van der Waals surface area contributed by atoms with Gasteiger partial charge in [-0.05, 0) is 30.9 Å². The highest BCUT2D eigenvalue weighted by molar-refractivity contribution is 5.77. The third-order valence-corrected chi connectivity index (χ3v) is 2.85. The van der Waals surface area contributed by atoms with Crippen LogP contribution in [0.1, 0.15) is 12.8 Å². The van der Waals surface area contributed by atoms with Crippen molar-refractivity contribution in [3.63, 3.8) is 0 Å². The monoisotopic (exact) mass is 264 g/mol. The van der Waals surface area contributed by atoms with Crippen LogP contribution < -0.4 is 15.8 Å². The Morgan fingerprint density at radius 2 is 2.26 bits per heavy atom. The molecule has 0 atom stereocenters. The van der Waals surface area contributed by atoms with E-state index in [1.54, 1.807) is 24.3 Å². The van der Waals surface area contributed by atoms with Gasteiger partial charge in [-0.25, -0.2) is 0 Å². The fraction of sp³-hybridized carbons (Fsp3) is 0.500. The molecule has 0 bridgehead atoms. The number of hydrogen-bond acceptors (Lipinski definition) is 4. The molecule has 0 radical (unpaired) electrons. The molecule has 1 fully saturated rings. The molecule has 1 aromatic carbocycles. The van der Waals surface area contributed by atoms with Crippen molar-refractivity contribution in [3.8, 4) is 5.75 Å². The average molecular weight is 264 g/mol. The first-order valence-electron chi connectivity index (χ1n) is 6.57. The van der Waals surface area contributed by atoms with Crippen LogP contribution in [0.5, 0.6) is 5.75 Å². The van der Waals surface area contributed by atoms with Crippen LogP contribution in [0, 0.1) is 5.92 Å². The largest absolute Gasteiger partial charge is 0.484 e. The number of ether oxygens (including phenoxy) is 2. The Hall–Kier alpha value is -1.75. The summed E-state index contributed by atoms with van der Waals surface area (Å²) in [4.78, 5) is 11.5. The van der Waals surface area contributed by atoms with E-state index in [4.69, 9.17) is 15.2 Å². The van der Waals surface area contributed by atoms with E-state index in [0.717, 1.165) is 12.5 Å².